The highest BCUT2D eigenvalue weighted by Crippen LogP contribution is 2.44. The lowest BCUT2D eigenvalue weighted by Crippen LogP contribution is -1.87. The van der Waals surface area contributed by atoms with Gasteiger partial charge in [-0.1, -0.05) is 42.5 Å². The van der Waals surface area contributed by atoms with Crippen LogP contribution in [-0.4, -0.2) is 10.2 Å². The maximum absolute atomic E-state index is 10.5. The van der Waals surface area contributed by atoms with Crippen LogP contribution in [-0.2, 0) is 0 Å². The molecule has 4 aromatic rings. The van der Waals surface area contributed by atoms with Crippen LogP contribution in [0.4, 0.5) is 0 Å². The molecule has 4 aromatic carbocycles. The van der Waals surface area contributed by atoms with Crippen LogP contribution in [0.5, 0.6) is 11.5 Å². The van der Waals surface area contributed by atoms with Crippen molar-refractivity contribution < 1.29 is 10.2 Å². The molecule has 24 heavy (non-hydrogen) atoms. The zero-order valence-corrected chi connectivity index (χ0v) is 12.7. The van der Waals surface area contributed by atoms with Crippen LogP contribution in [0, 0.1) is 11.3 Å². The molecule has 3 heteroatoms. The Balaban J connectivity index is 2.17. The van der Waals surface area contributed by atoms with E-state index in [9.17, 15) is 10.2 Å². The van der Waals surface area contributed by atoms with Gasteiger partial charge in [0.15, 0.2) is 0 Å². The van der Waals surface area contributed by atoms with Crippen molar-refractivity contribution in [1.29, 1.82) is 5.26 Å². The van der Waals surface area contributed by atoms with E-state index in [4.69, 9.17) is 5.26 Å². The highest BCUT2D eigenvalue weighted by atomic mass is 16.3. The number of benzene rings is 4. The van der Waals surface area contributed by atoms with Gasteiger partial charge in [0.05, 0.1) is 11.6 Å². The van der Waals surface area contributed by atoms with Crippen LogP contribution >= 0.6 is 0 Å². The number of fused-ring (bicyclic) bond motifs is 2. The molecule has 0 aromatic heterocycles. The monoisotopic (exact) mass is 311 g/mol. The Morgan fingerprint density at radius 2 is 1.29 bits per heavy atom. The second-order valence-corrected chi connectivity index (χ2v) is 5.69. The van der Waals surface area contributed by atoms with Gasteiger partial charge in [0.1, 0.15) is 11.5 Å². The van der Waals surface area contributed by atoms with Crippen molar-refractivity contribution in [2.75, 3.05) is 0 Å². The van der Waals surface area contributed by atoms with Gasteiger partial charge < -0.3 is 10.2 Å². The van der Waals surface area contributed by atoms with Crippen molar-refractivity contribution in [3.63, 3.8) is 0 Å². The minimum Gasteiger partial charge on any atom is -0.507 e. The molecule has 0 unspecified atom stereocenters. The van der Waals surface area contributed by atoms with Gasteiger partial charge in [-0.25, -0.2) is 0 Å². The molecule has 0 aliphatic rings. The van der Waals surface area contributed by atoms with Crippen molar-refractivity contribution in [2.24, 2.45) is 0 Å². The van der Waals surface area contributed by atoms with Gasteiger partial charge in [-0.05, 0) is 45.8 Å². The van der Waals surface area contributed by atoms with Gasteiger partial charge in [-0.15, -0.1) is 0 Å². The van der Waals surface area contributed by atoms with Gasteiger partial charge in [0.2, 0.25) is 0 Å². The summed E-state index contributed by atoms with van der Waals surface area (Å²) in [5.74, 6) is 0.208. The van der Waals surface area contributed by atoms with Crippen molar-refractivity contribution in [1.82, 2.24) is 0 Å². The Bertz CT molecular complexity index is 1140. The van der Waals surface area contributed by atoms with Crippen molar-refractivity contribution >= 4 is 21.5 Å². The number of phenols is 2. The lowest BCUT2D eigenvalue weighted by atomic mass is 9.92. The highest BCUT2D eigenvalue weighted by molar-refractivity contribution is 6.09. The molecule has 0 radical (unpaired) electrons. The number of rotatable bonds is 1. The predicted octanol–water partition coefficient (Wildman–Crippen LogP) is 4.94. The molecule has 0 atom stereocenters. The molecule has 0 saturated heterocycles. The summed E-state index contributed by atoms with van der Waals surface area (Å²) in [7, 11) is 0. The van der Waals surface area contributed by atoms with Crippen LogP contribution in [0.15, 0.2) is 66.7 Å². The molecule has 2 N–H and O–H groups in total. The summed E-state index contributed by atoms with van der Waals surface area (Å²) >= 11 is 0. The maximum Gasteiger partial charge on any atom is 0.124 e. The van der Waals surface area contributed by atoms with Crippen LogP contribution in [0.1, 0.15) is 5.56 Å². The van der Waals surface area contributed by atoms with E-state index in [1.807, 2.05) is 36.4 Å². The molecule has 0 bridgehead atoms. The molecule has 0 aliphatic carbocycles. The van der Waals surface area contributed by atoms with Crippen LogP contribution in [0.3, 0.4) is 0 Å². The lowest BCUT2D eigenvalue weighted by molar-refractivity contribution is 0.470. The van der Waals surface area contributed by atoms with E-state index in [1.54, 1.807) is 30.3 Å². The molecule has 0 saturated carbocycles. The molecular weight excluding hydrogens is 298 g/mol. The summed E-state index contributed by atoms with van der Waals surface area (Å²) in [5.41, 5.74) is 1.73. The first kappa shape index (κ1) is 14.1. The zero-order chi connectivity index (χ0) is 16.7. The number of nitrogens with zero attached hydrogens (tertiary/aromatic N) is 1. The third-order valence-corrected chi connectivity index (χ3v) is 4.28. The van der Waals surface area contributed by atoms with Gasteiger partial charge in [0, 0.05) is 11.1 Å². The van der Waals surface area contributed by atoms with Gasteiger partial charge in [-0.3, -0.25) is 0 Å². The smallest absolute Gasteiger partial charge is 0.124 e. The van der Waals surface area contributed by atoms with E-state index in [1.165, 1.54) is 0 Å². The summed E-state index contributed by atoms with van der Waals surface area (Å²) in [6, 6.07) is 22.0. The normalized spacial score (nSPS) is 10.8. The Labute approximate surface area is 138 Å². The predicted molar refractivity (Wildman–Crippen MR) is 94.9 cm³/mol. The van der Waals surface area contributed by atoms with E-state index < -0.39 is 0 Å². The van der Waals surface area contributed by atoms with Gasteiger partial charge in [0.25, 0.3) is 0 Å². The molecule has 4 rings (SSSR count). The number of phenolic OH excluding ortho intramolecular Hbond substituents is 2. The summed E-state index contributed by atoms with van der Waals surface area (Å²) in [6.07, 6.45) is 0. The molecule has 0 spiro atoms. The third kappa shape index (κ3) is 2.05. The molecule has 0 aliphatic heterocycles. The lowest BCUT2D eigenvalue weighted by Gasteiger charge is -2.14. The number of aromatic hydroxyl groups is 2. The van der Waals surface area contributed by atoms with Crippen LogP contribution < -0.4 is 0 Å². The first-order chi connectivity index (χ1) is 11.7. The third-order valence-electron chi connectivity index (χ3n) is 4.28. The molecule has 0 fully saturated rings. The molecule has 0 heterocycles. The summed E-state index contributed by atoms with van der Waals surface area (Å²) in [4.78, 5) is 0. The van der Waals surface area contributed by atoms with E-state index in [2.05, 4.69) is 6.07 Å². The minimum absolute atomic E-state index is 0.0962. The number of hydrogen-bond acceptors (Lipinski definition) is 3. The van der Waals surface area contributed by atoms with Gasteiger partial charge in [-0.2, -0.15) is 5.26 Å². The fourth-order valence-electron chi connectivity index (χ4n) is 3.17. The molecule has 3 nitrogen and oxygen atoms in total. The van der Waals surface area contributed by atoms with Crippen LogP contribution in [0.25, 0.3) is 32.7 Å². The summed E-state index contributed by atoms with van der Waals surface area (Å²) < 4.78 is 0. The van der Waals surface area contributed by atoms with E-state index in [-0.39, 0.29) is 11.5 Å². The fourth-order valence-corrected chi connectivity index (χ4v) is 3.17. The van der Waals surface area contributed by atoms with E-state index >= 15 is 0 Å². The molecule has 0 amide bonds. The van der Waals surface area contributed by atoms with E-state index in [0.29, 0.717) is 16.7 Å². The van der Waals surface area contributed by atoms with Crippen LogP contribution in [0.2, 0.25) is 0 Å². The van der Waals surface area contributed by atoms with E-state index in [0.717, 1.165) is 21.5 Å². The van der Waals surface area contributed by atoms with Crippen molar-refractivity contribution in [3.05, 3.63) is 72.3 Å². The van der Waals surface area contributed by atoms with Crippen molar-refractivity contribution in [2.45, 2.75) is 0 Å². The standard InChI is InChI=1S/C21H13NO2/c22-12-13-5-8-17-15(11-13)7-10-19(24)21(17)20-16-4-2-1-3-14(16)6-9-18(20)23/h1-11,23-24H. The first-order valence-electron chi connectivity index (χ1n) is 7.56. The Morgan fingerprint density at radius 3 is 2.00 bits per heavy atom. The Morgan fingerprint density at radius 1 is 0.667 bits per heavy atom. The molecule has 114 valence electrons. The highest BCUT2D eigenvalue weighted by Gasteiger charge is 2.16. The second-order valence-electron chi connectivity index (χ2n) is 5.69. The second kappa shape index (κ2) is 5.29. The SMILES string of the molecule is N#Cc1ccc2c(-c3c(O)ccc4ccccc34)c(O)ccc2c1. The quantitative estimate of drug-likeness (QED) is 0.523. The number of nitriles is 1. The first-order valence-corrected chi connectivity index (χ1v) is 7.56. The Hall–Kier alpha value is -3.51. The largest absolute Gasteiger partial charge is 0.507 e. The fraction of sp³-hybridized carbons (Fsp3) is 0. The molecular formula is C21H13NO2. The zero-order valence-electron chi connectivity index (χ0n) is 12.7. The average Bonchev–Trinajstić information content (AvgIpc) is 2.62. The average molecular weight is 311 g/mol. The maximum atomic E-state index is 10.5. The Kier molecular flexibility index (Phi) is 3.11. The topological polar surface area (TPSA) is 64.2 Å². The summed E-state index contributed by atoms with van der Waals surface area (Å²) in [6.45, 7) is 0. The summed E-state index contributed by atoms with van der Waals surface area (Å²) in [5, 5.41) is 33.5. The van der Waals surface area contributed by atoms with Gasteiger partial charge >= 0.3 is 0 Å². The minimum atomic E-state index is 0.0962. The van der Waals surface area contributed by atoms with Crippen molar-refractivity contribution in [3.8, 4) is 28.7 Å². The number of hydrogen-bond donors (Lipinski definition) is 2.